The van der Waals surface area contributed by atoms with Crippen LogP contribution in [-0.2, 0) is 6.42 Å². The molecule has 0 aliphatic carbocycles. The van der Waals surface area contributed by atoms with E-state index < -0.39 is 0 Å². The number of amides is 1. The van der Waals surface area contributed by atoms with Crippen molar-refractivity contribution in [1.29, 1.82) is 0 Å². The third-order valence-corrected chi connectivity index (χ3v) is 4.71. The van der Waals surface area contributed by atoms with E-state index in [-0.39, 0.29) is 11.7 Å². The van der Waals surface area contributed by atoms with Crippen LogP contribution < -0.4 is 0 Å². The molecule has 1 amide bonds. The molecule has 0 N–H and O–H groups in total. The van der Waals surface area contributed by atoms with Crippen LogP contribution in [-0.4, -0.2) is 39.8 Å². The number of rotatable bonds is 4. The van der Waals surface area contributed by atoms with Gasteiger partial charge >= 0.3 is 0 Å². The van der Waals surface area contributed by atoms with Crippen molar-refractivity contribution in [3.05, 3.63) is 46.6 Å². The molecule has 0 saturated carbocycles. The van der Waals surface area contributed by atoms with Gasteiger partial charge in [0.05, 0.1) is 0 Å². The highest BCUT2D eigenvalue weighted by Gasteiger charge is 2.26. The van der Waals surface area contributed by atoms with Gasteiger partial charge in [-0.2, -0.15) is 4.98 Å². The lowest BCUT2D eigenvalue weighted by Gasteiger charge is -2.32. The number of ketones is 1. The molecule has 1 aliphatic rings. The molecular weight excluding hydrogens is 318 g/mol. The number of hydrogen-bond acceptors (Lipinski definition) is 5. The lowest BCUT2D eigenvalue weighted by atomic mass is 9.93. The van der Waals surface area contributed by atoms with Crippen molar-refractivity contribution in [2.24, 2.45) is 5.92 Å². The van der Waals surface area contributed by atoms with E-state index in [2.05, 4.69) is 10.1 Å². The fourth-order valence-electron chi connectivity index (χ4n) is 3.42. The highest BCUT2D eigenvalue weighted by atomic mass is 16.5. The van der Waals surface area contributed by atoms with Gasteiger partial charge in [0.1, 0.15) is 0 Å². The SMILES string of the molecule is CC(=O)c1cc(C(=O)N2CCC[C@@H](Cc3noc(C)n3)C2)ccc1C. The van der Waals surface area contributed by atoms with Crippen molar-refractivity contribution in [2.75, 3.05) is 13.1 Å². The van der Waals surface area contributed by atoms with Crippen LogP contribution >= 0.6 is 0 Å². The number of carbonyl (C=O) groups excluding carboxylic acids is 2. The molecule has 3 rings (SSSR count). The van der Waals surface area contributed by atoms with E-state index in [4.69, 9.17) is 4.52 Å². The highest BCUT2D eigenvalue weighted by Crippen LogP contribution is 2.22. The summed E-state index contributed by atoms with van der Waals surface area (Å²) in [5.41, 5.74) is 2.08. The first-order valence-electron chi connectivity index (χ1n) is 8.64. The van der Waals surface area contributed by atoms with Gasteiger partial charge in [-0.3, -0.25) is 9.59 Å². The largest absolute Gasteiger partial charge is 0.340 e. The smallest absolute Gasteiger partial charge is 0.253 e. The van der Waals surface area contributed by atoms with E-state index in [9.17, 15) is 9.59 Å². The minimum Gasteiger partial charge on any atom is -0.340 e. The topological polar surface area (TPSA) is 76.3 Å². The zero-order valence-electron chi connectivity index (χ0n) is 14.9. The molecule has 2 aromatic rings. The molecular formula is C19H23N3O3. The Morgan fingerprint density at radius 3 is 2.80 bits per heavy atom. The highest BCUT2D eigenvalue weighted by molar-refractivity contribution is 6.00. The summed E-state index contributed by atoms with van der Waals surface area (Å²) in [4.78, 5) is 30.7. The second kappa shape index (κ2) is 7.17. The summed E-state index contributed by atoms with van der Waals surface area (Å²) in [5, 5.41) is 3.95. The van der Waals surface area contributed by atoms with Gasteiger partial charge in [0.25, 0.3) is 5.91 Å². The second-order valence-electron chi connectivity index (χ2n) is 6.78. The average Bonchev–Trinajstić information content (AvgIpc) is 2.99. The molecule has 6 heteroatoms. The first-order valence-corrected chi connectivity index (χ1v) is 8.64. The summed E-state index contributed by atoms with van der Waals surface area (Å²) in [7, 11) is 0. The number of nitrogens with zero attached hydrogens (tertiary/aromatic N) is 3. The van der Waals surface area contributed by atoms with Gasteiger partial charge < -0.3 is 9.42 Å². The quantitative estimate of drug-likeness (QED) is 0.799. The summed E-state index contributed by atoms with van der Waals surface area (Å²) in [6.07, 6.45) is 2.72. The molecule has 132 valence electrons. The molecule has 0 spiro atoms. The van der Waals surface area contributed by atoms with Crippen LogP contribution in [0.4, 0.5) is 0 Å². The Kier molecular flexibility index (Phi) is 4.97. The lowest BCUT2D eigenvalue weighted by molar-refractivity contribution is 0.0672. The van der Waals surface area contributed by atoms with Gasteiger partial charge in [-0.15, -0.1) is 0 Å². The van der Waals surface area contributed by atoms with Crippen molar-refractivity contribution in [3.8, 4) is 0 Å². The number of aryl methyl sites for hydroxylation is 2. The van der Waals surface area contributed by atoms with Crippen LogP contribution in [0.25, 0.3) is 0 Å². The van der Waals surface area contributed by atoms with Gasteiger partial charge in [0, 0.05) is 37.6 Å². The number of piperidine rings is 1. The molecule has 0 radical (unpaired) electrons. The summed E-state index contributed by atoms with van der Waals surface area (Å²) in [5.74, 6) is 1.56. The Morgan fingerprint density at radius 1 is 1.32 bits per heavy atom. The molecule has 2 heterocycles. The summed E-state index contributed by atoms with van der Waals surface area (Å²) < 4.78 is 5.02. The van der Waals surface area contributed by atoms with Crippen molar-refractivity contribution in [1.82, 2.24) is 15.0 Å². The van der Waals surface area contributed by atoms with E-state index >= 15 is 0 Å². The zero-order valence-corrected chi connectivity index (χ0v) is 14.9. The zero-order chi connectivity index (χ0) is 18.0. The summed E-state index contributed by atoms with van der Waals surface area (Å²) in [6.45, 7) is 6.60. The molecule has 6 nitrogen and oxygen atoms in total. The molecule has 1 aromatic heterocycles. The maximum Gasteiger partial charge on any atom is 0.253 e. The fraction of sp³-hybridized carbons (Fsp3) is 0.474. The maximum atomic E-state index is 12.9. The first kappa shape index (κ1) is 17.3. The molecule has 1 aromatic carbocycles. The third-order valence-electron chi connectivity index (χ3n) is 4.71. The summed E-state index contributed by atoms with van der Waals surface area (Å²) >= 11 is 0. The lowest BCUT2D eigenvalue weighted by Crippen LogP contribution is -2.40. The number of carbonyl (C=O) groups is 2. The predicted octanol–water partition coefficient (Wildman–Crippen LogP) is 2.98. The monoisotopic (exact) mass is 341 g/mol. The minimum absolute atomic E-state index is 0.0171. The molecule has 1 saturated heterocycles. The minimum atomic E-state index is -0.0175. The van der Waals surface area contributed by atoms with Crippen molar-refractivity contribution in [3.63, 3.8) is 0 Å². The van der Waals surface area contributed by atoms with E-state index in [1.165, 1.54) is 6.92 Å². The van der Waals surface area contributed by atoms with Crippen LogP contribution in [0.2, 0.25) is 0 Å². The third kappa shape index (κ3) is 3.95. The Bertz CT molecular complexity index is 797. The number of Topliss-reactive ketones (excluding diaryl/α,β-unsaturated/α-hetero) is 1. The number of likely N-dealkylation sites (tertiary alicyclic amines) is 1. The van der Waals surface area contributed by atoms with E-state index in [1.807, 2.05) is 17.9 Å². The summed E-state index contributed by atoms with van der Waals surface area (Å²) in [6, 6.07) is 5.36. The van der Waals surface area contributed by atoms with Gasteiger partial charge in [-0.1, -0.05) is 11.2 Å². The van der Waals surface area contributed by atoms with Crippen molar-refractivity contribution in [2.45, 2.75) is 40.0 Å². The standard InChI is InChI=1S/C19H23N3O3/c1-12-6-7-16(10-17(12)13(2)23)19(24)22-8-4-5-15(11-22)9-18-20-14(3)25-21-18/h6-7,10,15H,4-5,8-9,11H2,1-3H3/t15-/m0/s1. The van der Waals surface area contributed by atoms with Gasteiger partial charge in [0.2, 0.25) is 5.89 Å². The Labute approximate surface area is 147 Å². The van der Waals surface area contributed by atoms with Crippen LogP contribution in [0.3, 0.4) is 0 Å². The Balaban J connectivity index is 1.71. The molecule has 1 atom stereocenters. The molecule has 1 fully saturated rings. The second-order valence-corrected chi connectivity index (χ2v) is 6.78. The molecule has 25 heavy (non-hydrogen) atoms. The number of aromatic nitrogens is 2. The van der Waals surface area contributed by atoms with Crippen molar-refractivity contribution < 1.29 is 14.1 Å². The number of hydrogen-bond donors (Lipinski definition) is 0. The van der Waals surface area contributed by atoms with E-state index in [1.54, 1.807) is 19.1 Å². The van der Waals surface area contributed by atoms with Gasteiger partial charge in [-0.05, 0) is 50.3 Å². The maximum absolute atomic E-state index is 12.9. The molecule has 0 bridgehead atoms. The average molecular weight is 341 g/mol. The van der Waals surface area contributed by atoms with Gasteiger partial charge in [0.15, 0.2) is 11.6 Å². The number of benzene rings is 1. The van der Waals surface area contributed by atoms with E-state index in [0.29, 0.717) is 41.7 Å². The molecule has 1 aliphatic heterocycles. The van der Waals surface area contributed by atoms with Gasteiger partial charge in [-0.25, -0.2) is 0 Å². The van der Waals surface area contributed by atoms with Crippen LogP contribution in [0.15, 0.2) is 22.7 Å². The predicted molar refractivity (Wildman–Crippen MR) is 92.6 cm³/mol. The normalized spacial score (nSPS) is 17.6. The van der Waals surface area contributed by atoms with Crippen LogP contribution in [0, 0.1) is 19.8 Å². The van der Waals surface area contributed by atoms with Crippen LogP contribution in [0.1, 0.15) is 57.8 Å². The first-order chi connectivity index (χ1) is 11.9. The molecule has 0 unspecified atom stereocenters. The van der Waals surface area contributed by atoms with Crippen LogP contribution in [0.5, 0.6) is 0 Å². The fourth-order valence-corrected chi connectivity index (χ4v) is 3.42. The van der Waals surface area contributed by atoms with Crippen molar-refractivity contribution >= 4 is 11.7 Å². The van der Waals surface area contributed by atoms with E-state index in [0.717, 1.165) is 24.9 Å². The Hall–Kier alpha value is -2.50. The Morgan fingerprint density at radius 2 is 2.12 bits per heavy atom.